The van der Waals surface area contributed by atoms with Crippen molar-refractivity contribution in [3.63, 3.8) is 0 Å². The third-order valence-corrected chi connectivity index (χ3v) is 6.38. The summed E-state index contributed by atoms with van der Waals surface area (Å²) >= 11 is 1.57. The second-order valence-corrected chi connectivity index (χ2v) is 8.61. The Morgan fingerprint density at radius 2 is 1.76 bits per heavy atom. The van der Waals surface area contributed by atoms with Crippen molar-refractivity contribution in [3.8, 4) is 0 Å². The zero-order valence-electron chi connectivity index (χ0n) is 17.5. The van der Waals surface area contributed by atoms with Gasteiger partial charge in [0.15, 0.2) is 0 Å². The van der Waals surface area contributed by atoms with Gasteiger partial charge < -0.3 is 14.9 Å². The van der Waals surface area contributed by atoms with E-state index < -0.39 is 12.1 Å². The molecule has 33 heavy (non-hydrogen) atoms. The number of hydrogen-bond donors (Lipinski definition) is 1. The van der Waals surface area contributed by atoms with E-state index >= 15 is 0 Å². The molecule has 1 aromatic heterocycles. The summed E-state index contributed by atoms with van der Waals surface area (Å²) in [6.45, 7) is 2.11. The predicted octanol–water partition coefficient (Wildman–Crippen LogP) is 3.08. The summed E-state index contributed by atoms with van der Waals surface area (Å²) in [7, 11) is 1.95. The highest BCUT2D eigenvalue weighted by atomic mass is 32.1. The van der Waals surface area contributed by atoms with E-state index in [9.17, 15) is 27.2 Å². The fourth-order valence-corrected chi connectivity index (χ4v) is 4.49. The minimum atomic E-state index is -5.08. The highest BCUT2D eigenvalue weighted by Crippen LogP contribution is 2.34. The number of carboxylic acids is 1. The molecule has 0 aliphatic carbocycles. The lowest BCUT2D eigenvalue weighted by Crippen LogP contribution is -2.64. The number of anilines is 1. The Balaban J connectivity index is 0.000000383. The molecule has 2 fully saturated rings. The molecular weight excluding hydrogens is 466 g/mol. The minimum Gasteiger partial charge on any atom is -0.475 e. The first-order valence-corrected chi connectivity index (χ1v) is 10.8. The third-order valence-electron chi connectivity index (χ3n) is 5.71. The van der Waals surface area contributed by atoms with Gasteiger partial charge in [-0.3, -0.25) is 14.5 Å². The molecule has 4 rings (SSSR count). The van der Waals surface area contributed by atoms with Gasteiger partial charge in [-0.2, -0.15) is 24.5 Å². The SMILES string of the molecule is CN1CC(=O)N(c2ccsc2)CC12CCN(C(=O)c1ccc(F)cc1)C2.O=C(O)C(F)(F)F. The average molecular weight is 487 g/mol. The van der Waals surface area contributed by atoms with E-state index in [1.165, 1.54) is 24.3 Å². The molecule has 1 spiro atoms. The number of rotatable bonds is 2. The monoisotopic (exact) mass is 487 g/mol. The average Bonchev–Trinajstić information content (AvgIpc) is 3.42. The molecule has 2 amide bonds. The fraction of sp³-hybridized carbons (Fsp3) is 0.381. The van der Waals surface area contributed by atoms with Gasteiger partial charge in [0, 0.05) is 30.6 Å². The number of nitrogens with zero attached hydrogens (tertiary/aromatic N) is 3. The molecule has 178 valence electrons. The number of carbonyl (C=O) groups is 3. The van der Waals surface area contributed by atoms with Crippen LogP contribution < -0.4 is 4.90 Å². The van der Waals surface area contributed by atoms with Crippen molar-refractivity contribution >= 4 is 34.8 Å². The maximum absolute atomic E-state index is 13.1. The quantitative estimate of drug-likeness (QED) is 0.659. The largest absolute Gasteiger partial charge is 0.490 e. The standard InChI is InChI=1S/C19H20FN3O2S.C2HF3O2/c1-21-10-17(24)23(16-6-9-26-11-16)13-19(21)7-8-22(12-19)18(25)14-2-4-15(20)5-3-14;3-2(4,5)1(6)7/h2-6,9,11H,7-8,10,12-13H2,1H3;(H,6,7). The number of thiophene rings is 1. The Labute approximate surface area is 190 Å². The molecular formula is C21H21F4N3O4S. The molecule has 0 bridgehead atoms. The van der Waals surface area contributed by atoms with Gasteiger partial charge in [0.2, 0.25) is 5.91 Å². The normalized spacial score (nSPS) is 21.2. The van der Waals surface area contributed by atoms with Crippen LogP contribution in [-0.4, -0.2) is 77.6 Å². The Hall–Kier alpha value is -2.99. The van der Waals surface area contributed by atoms with Crippen LogP contribution in [0.15, 0.2) is 41.1 Å². The second-order valence-electron chi connectivity index (χ2n) is 7.83. The lowest BCUT2D eigenvalue weighted by molar-refractivity contribution is -0.192. The van der Waals surface area contributed by atoms with Crippen LogP contribution >= 0.6 is 11.3 Å². The van der Waals surface area contributed by atoms with Crippen LogP contribution in [0, 0.1) is 5.82 Å². The number of hydrogen-bond acceptors (Lipinski definition) is 5. The van der Waals surface area contributed by atoms with Crippen molar-refractivity contribution in [1.82, 2.24) is 9.80 Å². The summed E-state index contributed by atoms with van der Waals surface area (Å²) < 4.78 is 44.8. The topological polar surface area (TPSA) is 81.2 Å². The summed E-state index contributed by atoms with van der Waals surface area (Å²) in [5, 5.41) is 11.1. The molecule has 2 aliphatic heterocycles. The number of amides is 2. The summed E-state index contributed by atoms with van der Waals surface area (Å²) in [6.07, 6.45) is -4.27. The van der Waals surface area contributed by atoms with Gasteiger partial charge in [-0.1, -0.05) is 0 Å². The van der Waals surface area contributed by atoms with Gasteiger partial charge in [-0.05, 0) is 49.2 Å². The first-order chi connectivity index (χ1) is 15.4. The van der Waals surface area contributed by atoms with Crippen molar-refractivity contribution in [2.75, 3.05) is 38.1 Å². The van der Waals surface area contributed by atoms with E-state index in [0.717, 1.165) is 12.1 Å². The maximum Gasteiger partial charge on any atom is 0.490 e. The van der Waals surface area contributed by atoms with Gasteiger partial charge in [0.1, 0.15) is 5.82 Å². The van der Waals surface area contributed by atoms with Crippen LogP contribution in [0.2, 0.25) is 0 Å². The van der Waals surface area contributed by atoms with Crippen LogP contribution in [0.5, 0.6) is 0 Å². The highest BCUT2D eigenvalue weighted by molar-refractivity contribution is 7.08. The third kappa shape index (κ3) is 5.50. The smallest absolute Gasteiger partial charge is 0.475 e. The maximum atomic E-state index is 13.1. The van der Waals surface area contributed by atoms with E-state index in [4.69, 9.17) is 9.90 Å². The van der Waals surface area contributed by atoms with Crippen LogP contribution in [0.25, 0.3) is 0 Å². The number of piperazine rings is 1. The number of alkyl halides is 3. The number of carboxylic acid groups (broad SMARTS) is 1. The van der Waals surface area contributed by atoms with Crippen molar-refractivity contribution in [1.29, 1.82) is 0 Å². The molecule has 1 atom stereocenters. The molecule has 0 saturated carbocycles. The molecule has 2 aromatic rings. The predicted molar refractivity (Wildman–Crippen MR) is 113 cm³/mol. The number of likely N-dealkylation sites (tertiary alicyclic amines) is 1. The Kier molecular flexibility index (Phi) is 7.08. The van der Waals surface area contributed by atoms with Crippen molar-refractivity contribution in [2.45, 2.75) is 18.1 Å². The number of likely N-dealkylation sites (N-methyl/N-ethyl adjacent to an activating group) is 1. The molecule has 1 N–H and O–H groups in total. The van der Waals surface area contributed by atoms with Gasteiger partial charge in [0.05, 0.1) is 17.8 Å². The van der Waals surface area contributed by atoms with Crippen LogP contribution in [0.1, 0.15) is 16.8 Å². The summed E-state index contributed by atoms with van der Waals surface area (Å²) in [5.74, 6) is -3.11. The van der Waals surface area contributed by atoms with E-state index in [1.807, 2.05) is 33.7 Å². The summed E-state index contributed by atoms with van der Waals surface area (Å²) in [6, 6.07) is 7.62. The lowest BCUT2D eigenvalue weighted by Gasteiger charge is -2.46. The molecule has 7 nitrogen and oxygen atoms in total. The minimum absolute atomic E-state index is 0.0832. The molecule has 1 aromatic carbocycles. The van der Waals surface area contributed by atoms with Gasteiger partial charge in [-0.15, -0.1) is 0 Å². The zero-order valence-corrected chi connectivity index (χ0v) is 18.3. The first-order valence-electron chi connectivity index (χ1n) is 9.82. The molecule has 12 heteroatoms. The molecule has 2 aliphatic rings. The number of aliphatic carboxylic acids is 1. The Morgan fingerprint density at radius 3 is 2.30 bits per heavy atom. The first kappa shape index (κ1) is 24.6. The highest BCUT2D eigenvalue weighted by Gasteiger charge is 2.48. The van der Waals surface area contributed by atoms with Crippen LogP contribution in [0.3, 0.4) is 0 Å². The van der Waals surface area contributed by atoms with E-state index in [0.29, 0.717) is 31.7 Å². The number of carbonyl (C=O) groups excluding carboxylic acids is 2. The molecule has 0 radical (unpaired) electrons. The fourth-order valence-electron chi connectivity index (χ4n) is 3.85. The van der Waals surface area contributed by atoms with Gasteiger partial charge in [-0.25, -0.2) is 9.18 Å². The molecule has 3 heterocycles. The molecule has 2 saturated heterocycles. The number of halogens is 4. The van der Waals surface area contributed by atoms with Crippen molar-refractivity contribution < 1.29 is 37.1 Å². The lowest BCUT2D eigenvalue weighted by atomic mass is 9.93. The number of benzene rings is 1. The van der Waals surface area contributed by atoms with Gasteiger partial charge >= 0.3 is 12.1 Å². The van der Waals surface area contributed by atoms with Crippen molar-refractivity contribution in [3.05, 3.63) is 52.5 Å². The van der Waals surface area contributed by atoms with E-state index in [1.54, 1.807) is 11.3 Å². The van der Waals surface area contributed by atoms with E-state index in [2.05, 4.69) is 4.90 Å². The Bertz CT molecular complexity index is 1010. The van der Waals surface area contributed by atoms with E-state index in [-0.39, 0.29) is 23.2 Å². The zero-order chi connectivity index (χ0) is 24.4. The van der Waals surface area contributed by atoms with Crippen LogP contribution in [0.4, 0.5) is 23.2 Å². The van der Waals surface area contributed by atoms with Crippen molar-refractivity contribution in [2.24, 2.45) is 0 Å². The summed E-state index contributed by atoms with van der Waals surface area (Å²) in [5.41, 5.74) is 1.18. The molecule has 1 unspecified atom stereocenters. The van der Waals surface area contributed by atoms with Crippen LogP contribution in [-0.2, 0) is 9.59 Å². The second kappa shape index (κ2) is 9.48. The van der Waals surface area contributed by atoms with Gasteiger partial charge in [0.25, 0.3) is 5.91 Å². The summed E-state index contributed by atoms with van der Waals surface area (Å²) in [4.78, 5) is 39.9. The Morgan fingerprint density at radius 1 is 1.12 bits per heavy atom.